The van der Waals surface area contributed by atoms with E-state index < -0.39 is 8.32 Å². The SMILES string of the molecule is CC(C)(C)[Si](C)(C)OCC[C@@H](CN1CCCC1)N(Cc1ccccc1)Cc1ccccc1. The van der Waals surface area contributed by atoms with E-state index in [2.05, 4.69) is 104 Å². The van der Waals surface area contributed by atoms with Gasteiger partial charge in [-0.1, -0.05) is 81.4 Å². The monoisotopic (exact) mass is 452 g/mol. The van der Waals surface area contributed by atoms with Crippen molar-refractivity contribution in [3.8, 4) is 0 Å². The summed E-state index contributed by atoms with van der Waals surface area (Å²) < 4.78 is 6.63. The first-order valence-electron chi connectivity index (χ1n) is 12.4. The van der Waals surface area contributed by atoms with Crippen molar-refractivity contribution in [3.05, 3.63) is 71.8 Å². The van der Waals surface area contributed by atoms with Crippen LogP contribution in [-0.2, 0) is 17.5 Å². The molecule has 0 radical (unpaired) electrons. The van der Waals surface area contributed by atoms with Gasteiger partial charge in [-0.15, -0.1) is 0 Å². The highest BCUT2D eigenvalue weighted by molar-refractivity contribution is 6.74. The van der Waals surface area contributed by atoms with Gasteiger partial charge in [0.2, 0.25) is 0 Å². The summed E-state index contributed by atoms with van der Waals surface area (Å²) in [7, 11) is -1.73. The summed E-state index contributed by atoms with van der Waals surface area (Å²) in [6.45, 7) is 18.2. The fourth-order valence-electron chi connectivity index (χ4n) is 4.27. The van der Waals surface area contributed by atoms with E-state index in [1.807, 2.05) is 0 Å². The minimum atomic E-state index is -1.73. The number of nitrogens with zero attached hydrogens (tertiary/aromatic N) is 2. The molecule has 3 rings (SSSR count). The lowest BCUT2D eigenvalue weighted by molar-refractivity contribution is 0.111. The van der Waals surface area contributed by atoms with Gasteiger partial charge in [-0.05, 0) is 61.6 Å². The van der Waals surface area contributed by atoms with Gasteiger partial charge in [0.05, 0.1) is 0 Å². The summed E-state index contributed by atoms with van der Waals surface area (Å²) in [5, 5.41) is 0.255. The minimum absolute atomic E-state index is 0.255. The molecular formula is C28H44N2OSi. The molecule has 0 aliphatic carbocycles. The fraction of sp³-hybridized carbons (Fsp3) is 0.571. The van der Waals surface area contributed by atoms with Gasteiger partial charge in [0.15, 0.2) is 8.32 Å². The topological polar surface area (TPSA) is 15.7 Å². The lowest BCUT2D eigenvalue weighted by atomic mass is 10.1. The Morgan fingerprint density at radius 2 is 1.38 bits per heavy atom. The largest absolute Gasteiger partial charge is 0.417 e. The van der Waals surface area contributed by atoms with Crippen molar-refractivity contribution >= 4 is 8.32 Å². The van der Waals surface area contributed by atoms with E-state index in [0.717, 1.165) is 32.7 Å². The first-order valence-corrected chi connectivity index (χ1v) is 15.3. The maximum Gasteiger partial charge on any atom is 0.191 e. The molecule has 0 bridgehead atoms. The van der Waals surface area contributed by atoms with Crippen LogP contribution >= 0.6 is 0 Å². The highest BCUT2D eigenvalue weighted by atomic mass is 28.4. The van der Waals surface area contributed by atoms with Crippen LogP contribution < -0.4 is 0 Å². The lowest BCUT2D eigenvalue weighted by Crippen LogP contribution is -2.45. The van der Waals surface area contributed by atoms with Gasteiger partial charge in [-0.3, -0.25) is 4.90 Å². The summed E-state index contributed by atoms with van der Waals surface area (Å²) in [4.78, 5) is 5.36. The van der Waals surface area contributed by atoms with Crippen LogP contribution in [0.4, 0.5) is 0 Å². The molecule has 3 nitrogen and oxygen atoms in total. The second-order valence-corrected chi connectivity index (χ2v) is 15.7. The van der Waals surface area contributed by atoms with Crippen LogP contribution in [0.25, 0.3) is 0 Å². The van der Waals surface area contributed by atoms with Gasteiger partial charge < -0.3 is 9.33 Å². The van der Waals surface area contributed by atoms with Gasteiger partial charge in [0.25, 0.3) is 0 Å². The molecule has 0 saturated carbocycles. The summed E-state index contributed by atoms with van der Waals surface area (Å²) >= 11 is 0. The molecule has 2 aromatic carbocycles. The predicted molar refractivity (Wildman–Crippen MR) is 139 cm³/mol. The normalized spacial score (nSPS) is 16.6. The molecule has 32 heavy (non-hydrogen) atoms. The van der Waals surface area contributed by atoms with Crippen LogP contribution in [0.3, 0.4) is 0 Å². The van der Waals surface area contributed by atoms with Crippen LogP contribution in [0.15, 0.2) is 60.7 Å². The third kappa shape index (κ3) is 7.55. The smallest absolute Gasteiger partial charge is 0.191 e. The molecule has 0 spiro atoms. The van der Waals surface area contributed by atoms with E-state index in [-0.39, 0.29) is 5.04 Å². The molecule has 1 saturated heterocycles. The number of benzene rings is 2. The van der Waals surface area contributed by atoms with Crippen LogP contribution in [0.2, 0.25) is 18.1 Å². The van der Waals surface area contributed by atoms with E-state index in [1.165, 1.54) is 37.1 Å². The summed E-state index contributed by atoms with van der Waals surface area (Å²) in [5.74, 6) is 0. The minimum Gasteiger partial charge on any atom is -0.417 e. The molecule has 1 aliphatic rings. The first-order chi connectivity index (χ1) is 15.2. The van der Waals surface area contributed by atoms with Crippen LogP contribution in [0.1, 0.15) is 51.2 Å². The Morgan fingerprint density at radius 3 is 1.84 bits per heavy atom. The Hall–Kier alpha value is -1.46. The summed E-state index contributed by atoms with van der Waals surface area (Å²) in [6, 6.07) is 22.4. The predicted octanol–water partition coefficient (Wildman–Crippen LogP) is 6.57. The highest BCUT2D eigenvalue weighted by Crippen LogP contribution is 2.36. The molecule has 1 heterocycles. The zero-order valence-electron chi connectivity index (χ0n) is 21.0. The molecule has 4 heteroatoms. The van der Waals surface area contributed by atoms with Crippen molar-refractivity contribution in [1.29, 1.82) is 0 Å². The quantitative estimate of drug-likeness (QED) is 0.359. The Kier molecular flexibility index (Phi) is 9.12. The average Bonchev–Trinajstić information content (AvgIpc) is 3.26. The summed E-state index contributed by atoms with van der Waals surface area (Å²) in [6.07, 6.45) is 3.76. The molecule has 176 valence electrons. The molecule has 0 unspecified atom stereocenters. The Balaban J connectivity index is 1.77. The van der Waals surface area contributed by atoms with Crippen molar-refractivity contribution in [2.45, 2.75) is 77.3 Å². The second kappa shape index (κ2) is 11.6. The van der Waals surface area contributed by atoms with Gasteiger partial charge in [-0.25, -0.2) is 0 Å². The molecule has 1 fully saturated rings. The van der Waals surface area contributed by atoms with E-state index in [4.69, 9.17) is 4.43 Å². The zero-order chi connectivity index (χ0) is 23.0. The molecular weight excluding hydrogens is 408 g/mol. The Bertz CT molecular complexity index is 741. The Labute approximate surface area is 197 Å². The van der Waals surface area contributed by atoms with Crippen LogP contribution in [0.5, 0.6) is 0 Å². The van der Waals surface area contributed by atoms with Gasteiger partial charge >= 0.3 is 0 Å². The van der Waals surface area contributed by atoms with E-state index in [0.29, 0.717) is 6.04 Å². The van der Waals surface area contributed by atoms with Gasteiger partial charge in [0, 0.05) is 32.3 Å². The zero-order valence-corrected chi connectivity index (χ0v) is 22.0. The standard InChI is InChI=1S/C28H44N2OSi/c1-28(2,3)32(4,5)31-21-18-27(24-29-19-12-13-20-29)30(22-25-14-8-6-9-15-25)23-26-16-10-7-11-17-26/h6-11,14-17,27H,12-13,18-24H2,1-5H3/t27-/m0/s1. The second-order valence-electron chi connectivity index (χ2n) is 10.9. The highest BCUT2D eigenvalue weighted by Gasteiger charge is 2.37. The average molecular weight is 453 g/mol. The van der Waals surface area contributed by atoms with Crippen LogP contribution in [-0.4, -0.2) is 50.4 Å². The van der Waals surface area contributed by atoms with E-state index >= 15 is 0 Å². The molecule has 1 aliphatic heterocycles. The van der Waals surface area contributed by atoms with Crippen molar-refractivity contribution < 1.29 is 4.43 Å². The van der Waals surface area contributed by atoms with Crippen molar-refractivity contribution in [2.75, 3.05) is 26.2 Å². The number of hydrogen-bond acceptors (Lipinski definition) is 3. The first kappa shape index (κ1) is 25.2. The van der Waals surface area contributed by atoms with E-state index in [9.17, 15) is 0 Å². The van der Waals surface area contributed by atoms with Crippen molar-refractivity contribution in [2.24, 2.45) is 0 Å². The molecule has 0 amide bonds. The maximum absolute atomic E-state index is 6.63. The lowest BCUT2D eigenvalue weighted by Gasteiger charge is -2.38. The molecule has 0 aromatic heterocycles. The van der Waals surface area contributed by atoms with Gasteiger partial charge in [0.1, 0.15) is 0 Å². The molecule has 1 atom stereocenters. The third-order valence-corrected chi connectivity index (χ3v) is 11.9. The van der Waals surface area contributed by atoms with Crippen molar-refractivity contribution in [3.63, 3.8) is 0 Å². The van der Waals surface area contributed by atoms with E-state index in [1.54, 1.807) is 0 Å². The van der Waals surface area contributed by atoms with Gasteiger partial charge in [-0.2, -0.15) is 0 Å². The number of hydrogen-bond donors (Lipinski definition) is 0. The maximum atomic E-state index is 6.63. The summed E-state index contributed by atoms with van der Waals surface area (Å²) in [5.41, 5.74) is 2.78. The third-order valence-electron chi connectivity index (χ3n) is 7.36. The molecule has 0 N–H and O–H groups in total. The molecule has 2 aromatic rings. The van der Waals surface area contributed by atoms with Crippen LogP contribution in [0, 0.1) is 0 Å². The fourth-order valence-corrected chi connectivity index (χ4v) is 5.33. The number of rotatable bonds is 11. The number of likely N-dealkylation sites (tertiary alicyclic amines) is 1. The Morgan fingerprint density at radius 1 is 0.875 bits per heavy atom. The van der Waals surface area contributed by atoms with Crippen molar-refractivity contribution in [1.82, 2.24) is 9.80 Å².